The minimum Gasteiger partial charge on any atom is -0.361 e. The van der Waals surface area contributed by atoms with Gasteiger partial charge >= 0.3 is 0 Å². The van der Waals surface area contributed by atoms with Gasteiger partial charge in [-0.1, -0.05) is 49.4 Å². The van der Waals surface area contributed by atoms with Gasteiger partial charge in [0.1, 0.15) is 5.82 Å². The first-order valence-corrected chi connectivity index (χ1v) is 10.7. The third-order valence-corrected chi connectivity index (χ3v) is 5.69. The molecular weight excluding hydrogens is 389 g/mol. The van der Waals surface area contributed by atoms with E-state index in [4.69, 9.17) is 0 Å². The molecule has 0 aliphatic rings. The highest BCUT2D eigenvalue weighted by molar-refractivity contribution is 5.88. The van der Waals surface area contributed by atoms with Crippen LogP contribution < -0.4 is 5.32 Å². The van der Waals surface area contributed by atoms with Gasteiger partial charge in [0.25, 0.3) is 0 Å². The number of para-hydroxylation sites is 1. The normalized spacial score (nSPS) is 12.1. The minimum absolute atomic E-state index is 0.106. The standard InChI is InChI=1S/C26H26FN3O/c1-2-18-8-7-11-21-23(17-30-26(18)21)22(20-10-3-4-12-24(20)27)16-25(31)29-15-13-19-9-5-6-14-28-19/h3-12,14,17,22,30H,2,13,15-16H2,1H3,(H,29,31). The number of carbonyl (C=O) groups is 1. The molecule has 0 saturated carbocycles. The first-order valence-electron chi connectivity index (χ1n) is 10.7. The number of amides is 1. The lowest BCUT2D eigenvalue weighted by atomic mass is 9.87. The molecule has 2 aromatic carbocycles. The van der Waals surface area contributed by atoms with Crippen LogP contribution in [0.2, 0.25) is 0 Å². The number of hydrogen-bond donors (Lipinski definition) is 2. The van der Waals surface area contributed by atoms with E-state index in [9.17, 15) is 9.18 Å². The van der Waals surface area contributed by atoms with Crippen molar-refractivity contribution < 1.29 is 9.18 Å². The van der Waals surface area contributed by atoms with E-state index < -0.39 is 0 Å². The van der Waals surface area contributed by atoms with Gasteiger partial charge in [-0.15, -0.1) is 0 Å². The van der Waals surface area contributed by atoms with E-state index in [2.05, 4.69) is 28.3 Å². The van der Waals surface area contributed by atoms with Crippen molar-refractivity contribution in [1.82, 2.24) is 15.3 Å². The Morgan fingerprint density at radius 2 is 1.90 bits per heavy atom. The van der Waals surface area contributed by atoms with Crippen molar-refractivity contribution in [3.05, 3.63) is 101 Å². The van der Waals surface area contributed by atoms with Crippen LogP contribution in [0.15, 0.2) is 73.1 Å². The first-order chi connectivity index (χ1) is 15.2. The number of aromatic amines is 1. The van der Waals surface area contributed by atoms with Crippen LogP contribution in [0.4, 0.5) is 4.39 Å². The number of hydrogen-bond acceptors (Lipinski definition) is 2. The lowest BCUT2D eigenvalue weighted by Gasteiger charge is -2.18. The zero-order valence-corrected chi connectivity index (χ0v) is 17.6. The Morgan fingerprint density at radius 1 is 1.06 bits per heavy atom. The van der Waals surface area contributed by atoms with Crippen molar-refractivity contribution in [3.63, 3.8) is 0 Å². The van der Waals surface area contributed by atoms with E-state index in [-0.39, 0.29) is 24.1 Å². The molecule has 2 aromatic heterocycles. The molecule has 0 aliphatic heterocycles. The minimum atomic E-state index is -0.378. The van der Waals surface area contributed by atoms with Crippen molar-refractivity contribution in [2.75, 3.05) is 6.54 Å². The van der Waals surface area contributed by atoms with Crippen LogP contribution in [-0.4, -0.2) is 22.4 Å². The molecule has 2 N–H and O–H groups in total. The van der Waals surface area contributed by atoms with Gasteiger partial charge < -0.3 is 10.3 Å². The van der Waals surface area contributed by atoms with E-state index in [0.717, 1.165) is 28.6 Å². The first kappa shape index (κ1) is 20.8. The Morgan fingerprint density at radius 3 is 2.68 bits per heavy atom. The van der Waals surface area contributed by atoms with E-state index >= 15 is 0 Å². The van der Waals surface area contributed by atoms with E-state index in [1.54, 1.807) is 18.3 Å². The number of halogens is 1. The van der Waals surface area contributed by atoms with Gasteiger partial charge in [0.2, 0.25) is 5.91 Å². The van der Waals surface area contributed by atoms with Crippen molar-refractivity contribution in [3.8, 4) is 0 Å². The number of pyridine rings is 1. The van der Waals surface area contributed by atoms with Crippen LogP contribution in [0.25, 0.3) is 10.9 Å². The van der Waals surface area contributed by atoms with Crippen molar-refractivity contribution in [2.24, 2.45) is 0 Å². The highest BCUT2D eigenvalue weighted by Crippen LogP contribution is 2.35. The lowest BCUT2D eigenvalue weighted by molar-refractivity contribution is -0.121. The fourth-order valence-electron chi connectivity index (χ4n) is 4.10. The number of aromatic nitrogens is 2. The van der Waals surface area contributed by atoms with Gasteiger partial charge in [0.05, 0.1) is 0 Å². The van der Waals surface area contributed by atoms with Gasteiger partial charge in [-0.05, 0) is 41.3 Å². The van der Waals surface area contributed by atoms with Crippen LogP contribution >= 0.6 is 0 Å². The van der Waals surface area contributed by atoms with Crippen LogP contribution in [0.5, 0.6) is 0 Å². The van der Waals surface area contributed by atoms with E-state index in [1.807, 2.05) is 42.6 Å². The number of rotatable bonds is 8. The van der Waals surface area contributed by atoms with Gasteiger partial charge in [-0.25, -0.2) is 4.39 Å². The maximum Gasteiger partial charge on any atom is 0.220 e. The summed E-state index contributed by atoms with van der Waals surface area (Å²) in [7, 11) is 0. The van der Waals surface area contributed by atoms with E-state index in [0.29, 0.717) is 18.5 Å². The lowest BCUT2D eigenvalue weighted by Crippen LogP contribution is -2.27. The largest absolute Gasteiger partial charge is 0.361 e. The molecule has 0 fully saturated rings. The van der Waals surface area contributed by atoms with Gasteiger partial charge in [0.15, 0.2) is 0 Å². The molecule has 1 amide bonds. The second-order valence-electron chi connectivity index (χ2n) is 7.64. The third kappa shape index (κ3) is 4.66. The molecule has 0 radical (unpaired) electrons. The van der Waals surface area contributed by atoms with Crippen molar-refractivity contribution in [1.29, 1.82) is 0 Å². The predicted octanol–water partition coefficient (Wildman–Crippen LogP) is 5.15. The maximum atomic E-state index is 14.8. The summed E-state index contributed by atoms with van der Waals surface area (Å²) in [6, 6.07) is 18.6. The summed E-state index contributed by atoms with van der Waals surface area (Å²) in [5.41, 5.74) is 4.66. The maximum absolute atomic E-state index is 14.8. The Bertz CT molecular complexity index is 1170. The third-order valence-electron chi connectivity index (χ3n) is 5.69. The molecule has 0 bridgehead atoms. The topological polar surface area (TPSA) is 57.8 Å². The summed E-state index contributed by atoms with van der Waals surface area (Å²) in [5, 5.41) is 4.01. The number of H-pyrrole nitrogens is 1. The highest BCUT2D eigenvalue weighted by Gasteiger charge is 2.24. The highest BCUT2D eigenvalue weighted by atomic mass is 19.1. The summed E-state index contributed by atoms with van der Waals surface area (Å²) in [5.74, 6) is -0.781. The van der Waals surface area contributed by atoms with Gasteiger partial charge in [-0.2, -0.15) is 0 Å². The summed E-state index contributed by atoms with van der Waals surface area (Å²) < 4.78 is 14.8. The molecular formula is C26H26FN3O. The van der Waals surface area contributed by atoms with E-state index in [1.165, 1.54) is 11.6 Å². The Hall–Kier alpha value is -3.47. The summed E-state index contributed by atoms with van der Waals surface area (Å²) in [6.45, 7) is 2.60. The number of fused-ring (bicyclic) bond motifs is 1. The fraction of sp³-hybridized carbons (Fsp3) is 0.231. The number of carbonyl (C=O) groups excluding carboxylic acids is 1. The second kappa shape index (κ2) is 9.56. The van der Waals surface area contributed by atoms with Crippen LogP contribution in [-0.2, 0) is 17.6 Å². The molecule has 0 saturated heterocycles. The monoisotopic (exact) mass is 415 g/mol. The molecule has 0 spiro atoms. The Labute approximate surface area is 181 Å². The molecule has 1 atom stereocenters. The molecule has 4 aromatic rings. The fourth-order valence-corrected chi connectivity index (χ4v) is 4.10. The number of benzene rings is 2. The zero-order valence-electron chi connectivity index (χ0n) is 17.6. The SMILES string of the molecule is CCc1cccc2c(C(CC(=O)NCCc3ccccn3)c3ccccc3F)c[nH]c12. The number of nitrogens with one attached hydrogen (secondary N) is 2. The average Bonchev–Trinajstić information content (AvgIpc) is 3.23. The van der Waals surface area contributed by atoms with Crippen LogP contribution in [0.3, 0.4) is 0 Å². The van der Waals surface area contributed by atoms with Gasteiger partial charge in [-0.3, -0.25) is 9.78 Å². The number of nitrogens with zero attached hydrogens (tertiary/aromatic N) is 1. The second-order valence-corrected chi connectivity index (χ2v) is 7.64. The van der Waals surface area contributed by atoms with Crippen LogP contribution in [0.1, 0.15) is 41.6 Å². The molecule has 0 aliphatic carbocycles. The molecule has 5 heteroatoms. The molecule has 4 nitrogen and oxygen atoms in total. The molecule has 4 rings (SSSR count). The summed E-state index contributed by atoms with van der Waals surface area (Å²) in [4.78, 5) is 20.5. The summed E-state index contributed by atoms with van der Waals surface area (Å²) in [6.07, 6.45) is 5.39. The zero-order chi connectivity index (χ0) is 21.6. The quantitative estimate of drug-likeness (QED) is 0.418. The Balaban J connectivity index is 1.59. The predicted molar refractivity (Wildman–Crippen MR) is 121 cm³/mol. The molecule has 1 unspecified atom stereocenters. The summed E-state index contributed by atoms with van der Waals surface area (Å²) >= 11 is 0. The van der Waals surface area contributed by atoms with Gasteiger partial charge in [0, 0.05) is 54.3 Å². The Kier molecular flexibility index (Phi) is 6.41. The van der Waals surface area contributed by atoms with Crippen LogP contribution in [0, 0.1) is 5.82 Å². The number of aryl methyl sites for hydroxylation is 1. The molecule has 158 valence electrons. The van der Waals surface area contributed by atoms with Crippen molar-refractivity contribution in [2.45, 2.75) is 32.1 Å². The smallest absolute Gasteiger partial charge is 0.220 e. The van der Waals surface area contributed by atoms with Crippen molar-refractivity contribution >= 4 is 16.8 Å². The molecule has 31 heavy (non-hydrogen) atoms. The average molecular weight is 416 g/mol. The molecule has 2 heterocycles.